The zero-order valence-electron chi connectivity index (χ0n) is 14.3. The lowest BCUT2D eigenvalue weighted by Gasteiger charge is -2.24. The van der Waals surface area contributed by atoms with Gasteiger partial charge in [-0.15, -0.1) is 11.8 Å². The van der Waals surface area contributed by atoms with Crippen LogP contribution in [-0.2, 0) is 4.79 Å². The zero-order valence-corrected chi connectivity index (χ0v) is 15.1. The maximum atomic E-state index is 12.5. The minimum Gasteiger partial charge on any atom is -0.469 e. The lowest BCUT2D eigenvalue weighted by molar-refractivity contribution is -0.125. The molecule has 1 aromatic heterocycles. The van der Waals surface area contributed by atoms with Gasteiger partial charge in [-0.25, -0.2) is 0 Å². The van der Waals surface area contributed by atoms with Crippen molar-refractivity contribution in [2.24, 2.45) is 0 Å². The van der Waals surface area contributed by atoms with Gasteiger partial charge < -0.3 is 14.5 Å². The molecule has 1 heterocycles. The molecule has 5 heteroatoms. The first-order valence-electron chi connectivity index (χ1n) is 7.81. The lowest BCUT2D eigenvalue weighted by Crippen LogP contribution is -2.46. The summed E-state index contributed by atoms with van der Waals surface area (Å²) in [4.78, 5) is 12.5. The Kier molecular flexibility index (Phi) is 4.45. The van der Waals surface area contributed by atoms with Gasteiger partial charge in [-0.2, -0.15) is 0 Å². The molecule has 3 rings (SSSR count). The molecular formula is C19H21NO3S. The monoisotopic (exact) mass is 343 g/mol. The minimum atomic E-state index is -0.622. The minimum absolute atomic E-state index is 0.139. The number of carbonyl (C=O) groups is 1. The van der Waals surface area contributed by atoms with Crippen LogP contribution in [0.25, 0.3) is 21.9 Å². The van der Waals surface area contributed by atoms with E-state index in [1.54, 1.807) is 0 Å². The molecule has 0 saturated heterocycles. The molecule has 0 bridgehead atoms. The Hall–Kier alpha value is -2.14. The second kappa shape index (κ2) is 6.40. The second-order valence-corrected chi connectivity index (χ2v) is 7.55. The van der Waals surface area contributed by atoms with Gasteiger partial charge in [0.2, 0.25) is 5.44 Å². The van der Waals surface area contributed by atoms with Crippen molar-refractivity contribution in [3.05, 3.63) is 42.5 Å². The van der Waals surface area contributed by atoms with Crippen molar-refractivity contribution in [2.45, 2.75) is 31.7 Å². The molecule has 126 valence electrons. The van der Waals surface area contributed by atoms with E-state index in [1.165, 1.54) is 11.8 Å². The predicted molar refractivity (Wildman–Crippen MR) is 99.5 cm³/mol. The summed E-state index contributed by atoms with van der Waals surface area (Å²) in [6, 6.07) is 13.5. The molecule has 0 spiro atoms. The van der Waals surface area contributed by atoms with Crippen molar-refractivity contribution >= 4 is 39.6 Å². The fourth-order valence-electron chi connectivity index (χ4n) is 2.59. The van der Waals surface area contributed by atoms with Crippen molar-refractivity contribution in [3.8, 4) is 5.75 Å². The number of ether oxygens (including phenoxy) is 1. The van der Waals surface area contributed by atoms with Gasteiger partial charge in [0.1, 0.15) is 16.9 Å². The molecule has 1 atom stereocenters. The molecule has 0 fully saturated rings. The second-order valence-electron chi connectivity index (χ2n) is 6.65. The van der Waals surface area contributed by atoms with Crippen LogP contribution in [0.5, 0.6) is 5.75 Å². The highest BCUT2D eigenvalue weighted by atomic mass is 32.2. The maximum absolute atomic E-state index is 12.5. The standard InChI is InChI=1S/C19H21NO3S/c1-19(2,3)20-17(21)18(24-4)23-15-11-7-10-14-16(15)12-8-5-6-9-13(12)22-14/h5-11,18H,1-4H3,(H,20,21). The number of carbonyl (C=O) groups excluding carboxylic acids is 1. The number of rotatable bonds is 4. The van der Waals surface area contributed by atoms with Crippen molar-refractivity contribution in [2.75, 3.05) is 6.26 Å². The molecule has 0 radical (unpaired) electrons. The van der Waals surface area contributed by atoms with Crippen molar-refractivity contribution in [1.29, 1.82) is 0 Å². The van der Waals surface area contributed by atoms with Gasteiger partial charge in [-0.05, 0) is 45.2 Å². The van der Waals surface area contributed by atoms with Crippen LogP contribution in [-0.4, -0.2) is 23.1 Å². The predicted octanol–water partition coefficient (Wildman–Crippen LogP) is 4.57. The van der Waals surface area contributed by atoms with E-state index in [-0.39, 0.29) is 11.4 Å². The first-order valence-corrected chi connectivity index (χ1v) is 9.09. The van der Waals surface area contributed by atoms with Crippen LogP contribution in [0.1, 0.15) is 20.8 Å². The quantitative estimate of drug-likeness (QED) is 0.705. The van der Waals surface area contributed by atoms with Gasteiger partial charge in [0.25, 0.3) is 5.91 Å². The van der Waals surface area contributed by atoms with E-state index in [4.69, 9.17) is 9.15 Å². The normalized spacial score (nSPS) is 13.2. The topological polar surface area (TPSA) is 51.5 Å². The van der Waals surface area contributed by atoms with Crippen molar-refractivity contribution < 1.29 is 13.9 Å². The number of hydrogen-bond donors (Lipinski definition) is 1. The Labute approximate surface area is 145 Å². The highest BCUT2D eigenvalue weighted by molar-refractivity contribution is 7.99. The molecular weight excluding hydrogens is 322 g/mol. The number of furan rings is 1. The molecule has 4 nitrogen and oxygen atoms in total. The molecule has 3 aromatic rings. The summed E-state index contributed by atoms with van der Waals surface area (Å²) < 4.78 is 11.9. The third-order valence-electron chi connectivity index (χ3n) is 3.52. The molecule has 24 heavy (non-hydrogen) atoms. The summed E-state index contributed by atoms with van der Waals surface area (Å²) in [5, 5.41) is 4.85. The number of benzene rings is 2. The van der Waals surface area contributed by atoms with Crippen LogP contribution < -0.4 is 10.1 Å². The fourth-order valence-corrected chi connectivity index (χ4v) is 3.07. The molecule has 0 aliphatic carbocycles. The van der Waals surface area contributed by atoms with Crippen LogP contribution in [0.2, 0.25) is 0 Å². The van der Waals surface area contributed by atoms with Gasteiger partial charge >= 0.3 is 0 Å². The number of fused-ring (bicyclic) bond motifs is 3. The summed E-state index contributed by atoms with van der Waals surface area (Å²) in [5.41, 5.74) is 0.639. The van der Waals surface area contributed by atoms with E-state index in [1.807, 2.05) is 69.5 Å². The summed E-state index contributed by atoms with van der Waals surface area (Å²) in [7, 11) is 0. The van der Waals surface area contributed by atoms with E-state index in [2.05, 4.69) is 5.32 Å². The Morgan fingerprint density at radius 3 is 2.54 bits per heavy atom. The van der Waals surface area contributed by atoms with Gasteiger partial charge in [0.05, 0.1) is 5.39 Å². The average molecular weight is 343 g/mol. The van der Waals surface area contributed by atoms with Gasteiger partial charge in [-0.3, -0.25) is 4.79 Å². The van der Waals surface area contributed by atoms with Crippen molar-refractivity contribution in [1.82, 2.24) is 5.32 Å². The Morgan fingerprint density at radius 1 is 1.12 bits per heavy atom. The Bertz CT molecular complexity index is 879. The van der Waals surface area contributed by atoms with Crippen LogP contribution >= 0.6 is 11.8 Å². The molecule has 1 amide bonds. The number of hydrogen-bond acceptors (Lipinski definition) is 4. The Morgan fingerprint density at radius 2 is 1.83 bits per heavy atom. The molecule has 0 aliphatic rings. The number of amides is 1. The third-order valence-corrected chi connectivity index (χ3v) is 4.26. The van der Waals surface area contributed by atoms with E-state index in [9.17, 15) is 4.79 Å². The fraction of sp³-hybridized carbons (Fsp3) is 0.316. The van der Waals surface area contributed by atoms with E-state index in [0.717, 1.165) is 21.9 Å². The highest BCUT2D eigenvalue weighted by Gasteiger charge is 2.25. The van der Waals surface area contributed by atoms with Crippen LogP contribution in [0.15, 0.2) is 46.9 Å². The zero-order chi connectivity index (χ0) is 17.3. The first kappa shape index (κ1) is 16.7. The molecule has 0 saturated carbocycles. The largest absolute Gasteiger partial charge is 0.469 e. The number of nitrogens with one attached hydrogen (secondary N) is 1. The van der Waals surface area contributed by atoms with E-state index in [0.29, 0.717) is 5.75 Å². The summed E-state index contributed by atoms with van der Waals surface area (Å²) in [6.45, 7) is 5.85. The third kappa shape index (κ3) is 3.36. The Balaban J connectivity index is 1.98. The van der Waals surface area contributed by atoms with E-state index < -0.39 is 5.44 Å². The van der Waals surface area contributed by atoms with Crippen LogP contribution in [0.4, 0.5) is 0 Å². The van der Waals surface area contributed by atoms with Crippen LogP contribution in [0.3, 0.4) is 0 Å². The van der Waals surface area contributed by atoms with Crippen LogP contribution in [0, 0.1) is 0 Å². The summed E-state index contributed by atoms with van der Waals surface area (Å²) in [6.07, 6.45) is 1.86. The SMILES string of the molecule is CSC(Oc1cccc2oc3ccccc3c12)C(=O)NC(C)(C)C. The van der Waals surface area contributed by atoms with E-state index >= 15 is 0 Å². The number of thioether (sulfide) groups is 1. The lowest BCUT2D eigenvalue weighted by atomic mass is 10.1. The average Bonchev–Trinajstić information content (AvgIpc) is 2.90. The first-order chi connectivity index (χ1) is 11.4. The van der Waals surface area contributed by atoms with Crippen molar-refractivity contribution in [3.63, 3.8) is 0 Å². The smallest absolute Gasteiger partial charge is 0.272 e. The number of para-hydroxylation sites is 1. The summed E-state index contributed by atoms with van der Waals surface area (Å²) >= 11 is 1.37. The molecule has 2 aromatic carbocycles. The molecule has 0 aliphatic heterocycles. The summed E-state index contributed by atoms with van der Waals surface area (Å²) in [5.74, 6) is 0.515. The highest BCUT2D eigenvalue weighted by Crippen LogP contribution is 2.36. The van der Waals surface area contributed by atoms with Gasteiger partial charge in [-0.1, -0.05) is 24.3 Å². The van der Waals surface area contributed by atoms with Gasteiger partial charge in [0.15, 0.2) is 0 Å². The maximum Gasteiger partial charge on any atom is 0.272 e. The molecule has 1 N–H and O–H groups in total. The van der Waals surface area contributed by atoms with Gasteiger partial charge in [0, 0.05) is 10.9 Å². The molecule has 1 unspecified atom stereocenters.